The van der Waals surface area contributed by atoms with E-state index in [1.165, 1.54) is 101 Å². The highest BCUT2D eigenvalue weighted by molar-refractivity contribution is 7.98. The lowest BCUT2D eigenvalue weighted by atomic mass is 10.0. The molecule has 0 saturated carbocycles. The standard InChI is InChI=1S/C28H51NO2S/c1-29-24-28(31-25-27-20-16-15-17-21-27)26-30-22-18-13-11-9-7-5-3-4-6-8-10-12-14-19-23-32-2/h15-17,20-21,28-29H,3-14,18-19,22-26H2,1-2H3. The highest BCUT2D eigenvalue weighted by Crippen LogP contribution is 2.13. The fraction of sp³-hybridized carbons (Fsp3) is 0.786. The molecule has 1 atom stereocenters. The molecule has 0 aromatic heterocycles. The van der Waals surface area contributed by atoms with Crippen LogP contribution in [0.5, 0.6) is 0 Å². The fourth-order valence-corrected chi connectivity index (χ4v) is 4.46. The molecule has 0 aliphatic heterocycles. The molecule has 4 heteroatoms. The van der Waals surface area contributed by atoms with E-state index in [2.05, 4.69) is 35.8 Å². The number of likely N-dealkylation sites (N-methyl/N-ethyl adjacent to an activating group) is 1. The molecule has 186 valence electrons. The van der Waals surface area contributed by atoms with Crippen LogP contribution < -0.4 is 5.32 Å². The van der Waals surface area contributed by atoms with Crippen LogP contribution in [0.2, 0.25) is 0 Å². The molecule has 0 radical (unpaired) electrons. The minimum Gasteiger partial charge on any atom is -0.379 e. The van der Waals surface area contributed by atoms with Crippen LogP contribution in [-0.4, -0.2) is 44.9 Å². The van der Waals surface area contributed by atoms with E-state index in [1.54, 1.807) is 0 Å². The van der Waals surface area contributed by atoms with Crippen molar-refractivity contribution >= 4 is 11.8 Å². The van der Waals surface area contributed by atoms with Crippen LogP contribution in [0.3, 0.4) is 0 Å². The van der Waals surface area contributed by atoms with Gasteiger partial charge >= 0.3 is 0 Å². The molecule has 0 amide bonds. The summed E-state index contributed by atoms with van der Waals surface area (Å²) in [5, 5.41) is 3.21. The molecule has 1 aromatic rings. The Bertz CT molecular complexity index is 486. The van der Waals surface area contributed by atoms with Crippen molar-refractivity contribution in [2.75, 3.05) is 38.8 Å². The highest BCUT2D eigenvalue weighted by atomic mass is 32.2. The monoisotopic (exact) mass is 465 g/mol. The first-order valence-corrected chi connectivity index (χ1v) is 14.6. The maximum atomic E-state index is 6.01. The minimum absolute atomic E-state index is 0.111. The third kappa shape index (κ3) is 19.0. The van der Waals surface area contributed by atoms with Crippen molar-refractivity contribution in [2.24, 2.45) is 0 Å². The zero-order chi connectivity index (χ0) is 23.0. The van der Waals surface area contributed by atoms with Crippen LogP contribution in [0, 0.1) is 0 Å². The van der Waals surface area contributed by atoms with Crippen LogP contribution in [0.4, 0.5) is 0 Å². The quantitative estimate of drug-likeness (QED) is 0.159. The number of hydrogen-bond donors (Lipinski definition) is 1. The van der Waals surface area contributed by atoms with E-state index in [-0.39, 0.29) is 6.10 Å². The summed E-state index contributed by atoms with van der Waals surface area (Å²) in [6.45, 7) is 3.00. The Kier molecular flexibility index (Phi) is 21.7. The molecule has 0 spiro atoms. The summed E-state index contributed by atoms with van der Waals surface area (Å²) < 4.78 is 11.9. The Hall–Kier alpha value is -0.550. The van der Waals surface area contributed by atoms with Crippen molar-refractivity contribution in [1.82, 2.24) is 5.32 Å². The SMILES string of the molecule is CNCC(COCCCCCCCCCCCCCCCCSC)OCc1ccccc1. The molecule has 1 rings (SSSR count). The number of nitrogens with one attached hydrogen (secondary N) is 1. The van der Waals surface area contributed by atoms with Gasteiger partial charge in [-0.25, -0.2) is 0 Å². The second-order valence-electron chi connectivity index (χ2n) is 8.99. The van der Waals surface area contributed by atoms with Gasteiger partial charge in [-0.05, 0) is 37.5 Å². The van der Waals surface area contributed by atoms with E-state index in [9.17, 15) is 0 Å². The molecular weight excluding hydrogens is 414 g/mol. The molecule has 0 fully saturated rings. The number of hydrogen-bond acceptors (Lipinski definition) is 4. The molecule has 0 saturated heterocycles. The van der Waals surface area contributed by atoms with Gasteiger partial charge in [0.15, 0.2) is 0 Å². The highest BCUT2D eigenvalue weighted by Gasteiger charge is 2.08. The maximum absolute atomic E-state index is 6.01. The van der Waals surface area contributed by atoms with Gasteiger partial charge in [0.1, 0.15) is 0 Å². The van der Waals surface area contributed by atoms with Gasteiger partial charge < -0.3 is 14.8 Å². The minimum atomic E-state index is 0.111. The third-order valence-electron chi connectivity index (χ3n) is 5.95. The summed E-state index contributed by atoms with van der Waals surface area (Å²) in [4.78, 5) is 0. The molecule has 3 nitrogen and oxygen atoms in total. The number of rotatable bonds is 24. The van der Waals surface area contributed by atoms with Crippen LogP contribution >= 0.6 is 11.8 Å². The zero-order valence-electron chi connectivity index (χ0n) is 21.1. The fourth-order valence-electron chi connectivity index (χ4n) is 3.97. The van der Waals surface area contributed by atoms with Crippen molar-refractivity contribution in [3.05, 3.63) is 35.9 Å². The molecule has 32 heavy (non-hydrogen) atoms. The van der Waals surface area contributed by atoms with E-state index in [1.807, 2.05) is 24.9 Å². The molecule has 1 unspecified atom stereocenters. The van der Waals surface area contributed by atoms with Crippen molar-refractivity contribution in [3.8, 4) is 0 Å². The van der Waals surface area contributed by atoms with Gasteiger partial charge in [0.25, 0.3) is 0 Å². The first kappa shape index (κ1) is 29.5. The molecule has 0 bridgehead atoms. The molecule has 1 N–H and O–H groups in total. The molecular formula is C28H51NO2S. The summed E-state index contributed by atoms with van der Waals surface area (Å²) >= 11 is 1.98. The summed E-state index contributed by atoms with van der Waals surface area (Å²) in [5.74, 6) is 1.34. The number of unbranched alkanes of at least 4 members (excludes halogenated alkanes) is 13. The van der Waals surface area contributed by atoms with Gasteiger partial charge in [-0.2, -0.15) is 11.8 Å². The van der Waals surface area contributed by atoms with Crippen LogP contribution in [0.25, 0.3) is 0 Å². The molecule has 0 aliphatic rings. The van der Waals surface area contributed by atoms with Crippen LogP contribution in [0.15, 0.2) is 30.3 Å². The molecule has 0 heterocycles. The Morgan fingerprint density at radius 1 is 0.750 bits per heavy atom. The largest absolute Gasteiger partial charge is 0.379 e. The normalized spacial score (nSPS) is 12.3. The average Bonchev–Trinajstić information content (AvgIpc) is 2.82. The second-order valence-corrected chi connectivity index (χ2v) is 9.98. The first-order valence-electron chi connectivity index (χ1n) is 13.2. The molecule has 0 aliphatic carbocycles. The van der Waals surface area contributed by atoms with Crippen molar-refractivity contribution in [1.29, 1.82) is 0 Å². The smallest absolute Gasteiger partial charge is 0.0936 e. The van der Waals surface area contributed by atoms with E-state index in [0.29, 0.717) is 13.2 Å². The summed E-state index contributed by atoms with van der Waals surface area (Å²) in [5.41, 5.74) is 1.21. The Balaban J connectivity index is 1.82. The lowest BCUT2D eigenvalue weighted by Crippen LogP contribution is -2.31. The second kappa shape index (κ2) is 23.6. The number of thioether (sulfide) groups is 1. The molecule has 1 aromatic carbocycles. The zero-order valence-corrected chi connectivity index (χ0v) is 21.9. The van der Waals surface area contributed by atoms with E-state index in [4.69, 9.17) is 9.47 Å². The average molecular weight is 466 g/mol. The van der Waals surface area contributed by atoms with Crippen molar-refractivity contribution in [2.45, 2.75) is 103 Å². The van der Waals surface area contributed by atoms with E-state index in [0.717, 1.165) is 13.2 Å². The van der Waals surface area contributed by atoms with Gasteiger partial charge in [-0.3, -0.25) is 0 Å². The van der Waals surface area contributed by atoms with Gasteiger partial charge in [0.2, 0.25) is 0 Å². The topological polar surface area (TPSA) is 30.5 Å². The predicted octanol–water partition coefficient (Wildman–Crippen LogP) is 7.63. The van der Waals surface area contributed by atoms with Crippen LogP contribution in [0.1, 0.15) is 95.5 Å². The lowest BCUT2D eigenvalue weighted by Gasteiger charge is -2.18. The summed E-state index contributed by atoms with van der Waals surface area (Å²) in [6, 6.07) is 10.4. The van der Waals surface area contributed by atoms with Crippen molar-refractivity contribution < 1.29 is 9.47 Å². The summed E-state index contributed by atoms with van der Waals surface area (Å²) in [7, 11) is 1.97. The van der Waals surface area contributed by atoms with Gasteiger partial charge in [0.05, 0.1) is 19.3 Å². The van der Waals surface area contributed by atoms with Gasteiger partial charge in [-0.15, -0.1) is 0 Å². The predicted molar refractivity (Wildman–Crippen MR) is 143 cm³/mol. The first-order chi connectivity index (χ1) is 15.9. The van der Waals surface area contributed by atoms with E-state index < -0.39 is 0 Å². The summed E-state index contributed by atoms with van der Waals surface area (Å²) in [6.07, 6.45) is 21.9. The number of benzene rings is 1. The Morgan fingerprint density at radius 2 is 1.28 bits per heavy atom. The maximum Gasteiger partial charge on any atom is 0.0936 e. The van der Waals surface area contributed by atoms with E-state index >= 15 is 0 Å². The van der Waals surface area contributed by atoms with Crippen molar-refractivity contribution in [3.63, 3.8) is 0 Å². The Morgan fingerprint density at radius 3 is 1.81 bits per heavy atom. The Labute approximate surface area is 203 Å². The van der Waals surface area contributed by atoms with Gasteiger partial charge in [-0.1, -0.05) is 107 Å². The van der Waals surface area contributed by atoms with Crippen LogP contribution in [-0.2, 0) is 16.1 Å². The lowest BCUT2D eigenvalue weighted by molar-refractivity contribution is -0.0235. The number of ether oxygens (including phenoxy) is 2. The van der Waals surface area contributed by atoms with Gasteiger partial charge in [0, 0.05) is 13.2 Å². The third-order valence-corrected chi connectivity index (χ3v) is 6.65.